The molecule has 0 aromatic rings. The van der Waals surface area contributed by atoms with Crippen LogP contribution >= 0.6 is 7.82 Å². The lowest BCUT2D eigenvalue weighted by Crippen LogP contribution is -2.46. The Morgan fingerprint density at radius 3 is 1.41 bits per heavy atom. The van der Waals surface area contributed by atoms with Crippen molar-refractivity contribution in [1.29, 1.82) is 0 Å². The molecule has 5 nitrogen and oxygen atoms in total. The number of quaternary nitrogens is 1. The van der Waals surface area contributed by atoms with Gasteiger partial charge in [-0.05, 0) is 19.8 Å². The molecule has 0 radical (unpaired) electrons. The lowest BCUT2D eigenvalue weighted by atomic mass is 10.0. The molecule has 1 N–H and O–H groups in total. The third kappa shape index (κ3) is 20.7. The fourth-order valence-electron chi connectivity index (χ4n) is 4.21. The number of rotatable bonds is 25. The maximum Gasteiger partial charge on any atom is 0.472 e. The topological polar surface area (TPSA) is 55.8 Å². The zero-order valence-corrected chi connectivity index (χ0v) is 23.0. The van der Waals surface area contributed by atoms with Gasteiger partial charge in [0.1, 0.15) is 13.2 Å². The maximum absolute atomic E-state index is 12.0. The molecule has 2 atom stereocenters. The zero-order valence-electron chi connectivity index (χ0n) is 22.1. The monoisotopic (exact) mass is 478 g/mol. The third-order valence-electron chi connectivity index (χ3n) is 6.66. The van der Waals surface area contributed by atoms with E-state index in [0.717, 1.165) is 43.4 Å². The van der Waals surface area contributed by atoms with Crippen molar-refractivity contribution in [2.75, 3.05) is 39.9 Å². The first-order valence-electron chi connectivity index (χ1n) is 13.8. The van der Waals surface area contributed by atoms with Crippen LogP contribution in [0.4, 0.5) is 0 Å². The Morgan fingerprint density at radius 2 is 1.00 bits per heavy atom. The van der Waals surface area contributed by atoms with Crippen molar-refractivity contribution in [1.82, 2.24) is 0 Å². The molecule has 194 valence electrons. The highest BCUT2D eigenvalue weighted by Crippen LogP contribution is 2.43. The highest BCUT2D eigenvalue weighted by Gasteiger charge is 2.24. The van der Waals surface area contributed by atoms with Crippen molar-refractivity contribution in [3.05, 3.63) is 0 Å². The number of likely N-dealkylation sites (N-methyl/N-ethyl adjacent to an activating group) is 1. The number of hydrogen-bond donors (Lipinski definition) is 1. The first-order chi connectivity index (χ1) is 15.4. The Balaban J connectivity index is 3.44. The highest BCUT2D eigenvalue weighted by atomic mass is 31.2. The van der Waals surface area contributed by atoms with E-state index in [1.54, 1.807) is 0 Å². The second-order valence-electron chi connectivity index (χ2n) is 9.82. The van der Waals surface area contributed by atoms with Crippen LogP contribution in [0.15, 0.2) is 0 Å². The van der Waals surface area contributed by atoms with Crippen LogP contribution < -0.4 is 0 Å². The Kier molecular flexibility index (Phi) is 21.6. The van der Waals surface area contributed by atoms with Crippen molar-refractivity contribution in [2.24, 2.45) is 0 Å². The van der Waals surface area contributed by atoms with Crippen molar-refractivity contribution < 1.29 is 23.0 Å². The standard InChI is InChI=1S/C26H56NO4P/c1-5-8-9-10-11-12-13-14-15-16-17-18-19-20-21-22-25-30-32(28,29)31-26-24-27(4,7-3)23-6-2/h5-26H2,1-4H3/p+1. The second-order valence-corrected chi connectivity index (χ2v) is 11.3. The smallest absolute Gasteiger partial charge is 0.324 e. The van der Waals surface area contributed by atoms with E-state index in [0.29, 0.717) is 6.61 Å². The summed E-state index contributed by atoms with van der Waals surface area (Å²) in [5, 5.41) is 0. The lowest BCUT2D eigenvalue weighted by molar-refractivity contribution is -0.907. The fourth-order valence-corrected chi connectivity index (χ4v) is 4.96. The van der Waals surface area contributed by atoms with Gasteiger partial charge in [-0.2, -0.15) is 0 Å². The van der Waals surface area contributed by atoms with Crippen LogP contribution in [0.25, 0.3) is 0 Å². The minimum Gasteiger partial charge on any atom is -0.324 e. The molecule has 0 aromatic heterocycles. The summed E-state index contributed by atoms with van der Waals surface area (Å²) < 4.78 is 23.2. The van der Waals surface area contributed by atoms with E-state index in [9.17, 15) is 9.46 Å². The average molecular weight is 479 g/mol. The molecule has 2 unspecified atom stereocenters. The molecule has 0 aliphatic carbocycles. The summed E-state index contributed by atoms with van der Waals surface area (Å²) in [6, 6.07) is 0. The summed E-state index contributed by atoms with van der Waals surface area (Å²) in [5.41, 5.74) is 0. The molecule has 6 heteroatoms. The van der Waals surface area contributed by atoms with Crippen molar-refractivity contribution in [3.63, 3.8) is 0 Å². The summed E-state index contributed by atoms with van der Waals surface area (Å²) in [6.07, 6.45) is 22.1. The van der Waals surface area contributed by atoms with Gasteiger partial charge in [-0.25, -0.2) is 4.57 Å². The summed E-state index contributed by atoms with van der Waals surface area (Å²) >= 11 is 0. The molecule has 0 saturated heterocycles. The first-order valence-corrected chi connectivity index (χ1v) is 15.3. The molecule has 0 bridgehead atoms. The van der Waals surface area contributed by atoms with Crippen LogP contribution in [-0.4, -0.2) is 49.3 Å². The molecule has 0 heterocycles. The van der Waals surface area contributed by atoms with Crippen LogP contribution in [0.5, 0.6) is 0 Å². The fraction of sp³-hybridized carbons (Fsp3) is 1.00. The van der Waals surface area contributed by atoms with E-state index in [-0.39, 0.29) is 6.61 Å². The minimum absolute atomic E-state index is 0.261. The van der Waals surface area contributed by atoms with Crippen molar-refractivity contribution in [3.8, 4) is 0 Å². The second kappa shape index (κ2) is 21.6. The lowest BCUT2D eigenvalue weighted by Gasteiger charge is -2.33. The van der Waals surface area contributed by atoms with E-state index >= 15 is 0 Å². The van der Waals surface area contributed by atoms with Crippen LogP contribution in [0, 0.1) is 0 Å². The normalized spacial score (nSPS) is 15.5. The summed E-state index contributed by atoms with van der Waals surface area (Å²) in [6.45, 7) is 9.92. The van der Waals surface area contributed by atoms with E-state index in [1.165, 1.54) is 89.9 Å². The molecule has 32 heavy (non-hydrogen) atoms. The van der Waals surface area contributed by atoms with E-state index in [2.05, 4.69) is 27.8 Å². The van der Waals surface area contributed by atoms with Gasteiger partial charge in [0.05, 0.1) is 26.7 Å². The molecular weight excluding hydrogens is 421 g/mol. The van der Waals surface area contributed by atoms with E-state index < -0.39 is 7.82 Å². The SMILES string of the molecule is CCCCCCCCCCCCCCCCCCOP(=O)(O)OCC[N+](C)(CC)CCC. The molecule has 0 amide bonds. The van der Waals surface area contributed by atoms with E-state index in [1.807, 2.05) is 0 Å². The Hall–Kier alpha value is 0.0700. The van der Waals surface area contributed by atoms with Gasteiger partial charge >= 0.3 is 7.82 Å². The molecule has 0 saturated carbocycles. The van der Waals surface area contributed by atoms with Crippen molar-refractivity contribution >= 4 is 7.82 Å². The molecule has 0 spiro atoms. The van der Waals surface area contributed by atoms with Crippen LogP contribution in [0.2, 0.25) is 0 Å². The minimum atomic E-state index is -3.91. The summed E-state index contributed by atoms with van der Waals surface area (Å²) in [5.74, 6) is 0. The molecule has 0 aromatic carbocycles. The number of hydrogen-bond acceptors (Lipinski definition) is 3. The van der Waals surface area contributed by atoms with Gasteiger partial charge in [0.25, 0.3) is 0 Å². The molecule has 0 aliphatic rings. The van der Waals surface area contributed by atoms with Gasteiger partial charge in [0.15, 0.2) is 0 Å². The predicted molar refractivity (Wildman–Crippen MR) is 138 cm³/mol. The van der Waals surface area contributed by atoms with Gasteiger partial charge in [-0.3, -0.25) is 9.05 Å². The van der Waals surface area contributed by atoms with Gasteiger partial charge in [0, 0.05) is 0 Å². The maximum atomic E-state index is 12.0. The van der Waals surface area contributed by atoms with Crippen LogP contribution in [0.1, 0.15) is 130 Å². The molecule has 0 aliphatic heterocycles. The Labute approximate surface area is 200 Å². The zero-order chi connectivity index (χ0) is 24.0. The first kappa shape index (κ1) is 32.1. The molecule has 0 fully saturated rings. The summed E-state index contributed by atoms with van der Waals surface area (Å²) in [7, 11) is -1.75. The Morgan fingerprint density at radius 1 is 0.594 bits per heavy atom. The Bertz CT molecular complexity index is 450. The van der Waals surface area contributed by atoms with Crippen LogP contribution in [-0.2, 0) is 13.6 Å². The highest BCUT2D eigenvalue weighted by molar-refractivity contribution is 7.47. The number of phosphoric ester groups is 1. The van der Waals surface area contributed by atoms with Gasteiger partial charge < -0.3 is 9.38 Å². The molecule has 0 rings (SSSR count). The molecular formula is C26H57NO4P+. The largest absolute Gasteiger partial charge is 0.472 e. The third-order valence-corrected chi connectivity index (χ3v) is 7.68. The average Bonchev–Trinajstić information content (AvgIpc) is 2.76. The van der Waals surface area contributed by atoms with Crippen molar-refractivity contribution in [2.45, 2.75) is 130 Å². The quantitative estimate of drug-likeness (QED) is 0.0815. The number of nitrogens with zero attached hydrogens (tertiary/aromatic N) is 1. The van der Waals surface area contributed by atoms with E-state index in [4.69, 9.17) is 9.05 Å². The predicted octanol–water partition coefficient (Wildman–Crippen LogP) is 8.26. The number of phosphoric acid groups is 1. The van der Waals surface area contributed by atoms with Gasteiger partial charge in [0.2, 0.25) is 0 Å². The van der Waals surface area contributed by atoms with Gasteiger partial charge in [-0.15, -0.1) is 0 Å². The van der Waals surface area contributed by atoms with Gasteiger partial charge in [-0.1, -0.05) is 110 Å². The summed E-state index contributed by atoms with van der Waals surface area (Å²) in [4.78, 5) is 9.84. The number of unbranched alkanes of at least 4 members (excludes halogenated alkanes) is 15. The van der Waals surface area contributed by atoms with Crippen LogP contribution in [0.3, 0.4) is 0 Å².